The quantitative estimate of drug-likeness (QED) is 0.0229. The number of nitrogens with two attached hydrogens (primary N) is 2. The van der Waals surface area contributed by atoms with Gasteiger partial charge in [-0.05, 0) is 130 Å². The lowest BCUT2D eigenvalue weighted by Crippen LogP contribution is -2.49. The summed E-state index contributed by atoms with van der Waals surface area (Å²) in [6.45, 7) is 18.9. The van der Waals surface area contributed by atoms with Crippen LogP contribution in [0.15, 0.2) is 79.2 Å². The predicted molar refractivity (Wildman–Crippen MR) is 515 cm³/mol. The minimum atomic E-state index is -3.67. The first-order valence-electron chi connectivity index (χ1n) is 44.9. The topological polar surface area (TPSA) is 468 Å². The number of benzene rings is 5. The number of hydrogen-bond acceptors (Lipinski definition) is 24. The number of carboxylic acid groups (broad SMARTS) is 5. The van der Waals surface area contributed by atoms with Crippen LogP contribution < -0.4 is 83.8 Å². The molecule has 3 unspecified atom stereocenters. The fourth-order valence-electron chi connectivity index (χ4n) is 19.0. The Hall–Kier alpha value is -12.2. The second-order valence-corrected chi connectivity index (χ2v) is 37.8. The van der Waals surface area contributed by atoms with E-state index in [1.54, 1.807) is 45.8 Å². The van der Waals surface area contributed by atoms with Crippen LogP contribution in [0.1, 0.15) is 160 Å². The van der Waals surface area contributed by atoms with Crippen LogP contribution in [-0.4, -0.2) is 246 Å². The zero-order valence-electron chi connectivity index (χ0n) is 77.4. The molecule has 9 aliphatic rings. The number of nitrogen functional groups attached to an aromatic ring is 1. The Morgan fingerprint density at radius 1 is 0.489 bits per heavy atom. The predicted octanol–water partition coefficient (Wildman–Crippen LogP) is 10.1. The molecule has 9 fully saturated rings. The summed E-state index contributed by atoms with van der Waals surface area (Å²) in [6.07, 6.45) is 14.4. The molecule has 19 rings (SSSR count). The number of likely N-dealkylation sites (N-methyl/N-ethyl adjacent to an activating group) is 1. The third-order valence-electron chi connectivity index (χ3n) is 26.5. The monoisotopic (exact) mass is 2010 g/mol. The number of piperazine rings is 4. The fraction of sp³-hybridized carbons (Fsp3) is 0.462. The Morgan fingerprint density at radius 2 is 0.878 bits per heavy atom. The van der Waals surface area contributed by atoms with Crippen molar-refractivity contribution in [2.75, 3.05) is 155 Å². The first-order chi connectivity index (χ1) is 64.7. The molecule has 0 radical (unpaired) electrons. The third-order valence-corrected chi connectivity index (χ3v) is 26.5. The molecule has 1 spiro atoms. The number of carboxylic acids is 5. The van der Waals surface area contributed by atoms with Gasteiger partial charge in [0.15, 0.2) is 29.0 Å². The molecule has 752 valence electrons. The maximum atomic E-state index is 15.4. The van der Waals surface area contributed by atoms with Crippen molar-refractivity contribution in [3.63, 3.8) is 0 Å². The summed E-state index contributed by atoms with van der Waals surface area (Å²) in [5.41, 5.74) is 8.97. The van der Waals surface area contributed by atoms with Crippen molar-refractivity contribution in [2.24, 2.45) is 11.1 Å². The molecule has 4 aliphatic carbocycles. The van der Waals surface area contributed by atoms with E-state index < -0.39 is 131 Å². The number of nitrogens with one attached hydrogen (secondary N) is 3. The summed E-state index contributed by atoms with van der Waals surface area (Å²) in [7, 11) is -0.313. The highest BCUT2D eigenvalue weighted by molar-refractivity contribution is 7.85. The number of methoxy groups -OCH3 is 1. The highest BCUT2D eigenvalue weighted by Gasteiger charge is 2.54. The van der Waals surface area contributed by atoms with Crippen molar-refractivity contribution in [2.45, 2.75) is 148 Å². The Bertz CT molecular complexity index is 7020. The summed E-state index contributed by atoms with van der Waals surface area (Å²) in [4.78, 5) is 131. The van der Waals surface area contributed by atoms with Crippen molar-refractivity contribution in [3.8, 4) is 5.75 Å². The molecule has 13 N–H and O–H groups in total. The molecule has 4 atom stereocenters. The van der Waals surface area contributed by atoms with Crippen LogP contribution >= 0.6 is 24.8 Å². The van der Waals surface area contributed by atoms with Crippen LogP contribution in [0.2, 0.25) is 0 Å². The number of aryl methyl sites for hydroxylation is 4. The summed E-state index contributed by atoms with van der Waals surface area (Å²) in [6, 6.07) is 5.56. The summed E-state index contributed by atoms with van der Waals surface area (Å²) in [5, 5.41) is 55.9. The van der Waals surface area contributed by atoms with Gasteiger partial charge in [0.2, 0.25) is 27.1 Å². The molecular weight excluding hydrogens is 1900 g/mol. The first-order valence-corrected chi connectivity index (χ1v) is 46.7. The lowest BCUT2D eigenvalue weighted by atomic mass is 10.0. The average molecular weight is 2010 g/mol. The number of halogens is 10. The van der Waals surface area contributed by atoms with E-state index in [2.05, 4.69) is 22.9 Å². The highest BCUT2D eigenvalue weighted by Crippen LogP contribution is 2.55. The van der Waals surface area contributed by atoms with E-state index in [9.17, 15) is 84.9 Å². The van der Waals surface area contributed by atoms with Gasteiger partial charge in [-0.2, -0.15) is 8.42 Å². The smallest absolute Gasteiger partial charge is 0.341 e. The molecule has 139 heavy (non-hydrogen) atoms. The molecule has 0 amide bonds. The van der Waals surface area contributed by atoms with Crippen LogP contribution in [0.4, 0.5) is 69.2 Å². The molecule has 10 heterocycles. The summed E-state index contributed by atoms with van der Waals surface area (Å²) >= 11 is 0. The van der Waals surface area contributed by atoms with Gasteiger partial charge in [0, 0.05) is 189 Å². The highest BCUT2D eigenvalue weighted by atomic mass is 35.5. The Morgan fingerprint density at radius 3 is 1.31 bits per heavy atom. The van der Waals surface area contributed by atoms with Gasteiger partial charge in [-0.3, -0.25) is 28.5 Å². The van der Waals surface area contributed by atoms with Crippen molar-refractivity contribution in [1.29, 1.82) is 0 Å². The van der Waals surface area contributed by atoms with E-state index in [0.717, 1.165) is 99.6 Å². The second kappa shape index (κ2) is 42.1. The Labute approximate surface area is 802 Å². The van der Waals surface area contributed by atoms with E-state index in [1.165, 1.54) is 30.3 Å². The number of aromatic nitrogens is 5. The number of fused-ring (bicyclic) bond motifs is 5. The normalized spacial score (nSPS) is 18.9. The average Bonchev–Trinajstić information content (AvgIpc) is 1.59. The van der Waals surface area contributed by atoms with Crippen molar-refractivity contribution < 1.29 is 102 Å². The minimum absolute atomic E-state index is 0. The van der Waals surface area contributed by atoms with Gasteiger partial charge in [-0.1, -0.05) is 0 Å². The molecule has 0 bridgehead atoms. The molecule has 10 aromatic rings. The van der Waals surface area contributed by atoms with Gasteiger partial charge in [-0.25, -0.2) is 59.1 Å². The van der Waals surface area contributed by atoms with Crippen LogP contribution in [0.5, 0.6) is 5.75 Å². The van der Waals surface area contributed by atoms with Gasteiger partial charge in [0.25, 0.3) is 10.1 Å². The van der Waals surface area contributed by atoms with Crippen LogP contribution in [-0.2, 0) is 23.2 Å². The molecule has 5 saturated heterocycles. The molecule has 5 aromatic heterocycles. The van der Waals surface area contributed by atoms with Gasteiger partial charge >= 0.3 is 29.8 Å². The number of alkyl halides is 1. The number of carbonyl (C=O) groups is 5. The maximum absolute atomic E-state index is 15.4. The number of nitrogens with zero attached hydrogens (tertiary/aromatic N) is 11. The van der Waals surface area contributed by atoms with Crippen molar-refractivity contribution in [3.05, 3.63) is 186 Å². The first kappa shape index (κ1) is 106. The van der Waals surface area contributed by atoms with Gasteiger partial charge < -0.3 is 110 Å². The minimum Gasteiger partial charge on any atom is -0.492 e. The van der Waals surface area contributed by atoms with Crippen LogP contribution in [0.25, 0.3) is 54.5 Å². The maximum Gasteiger partial charge on any atom is 0.341 e. The number of pyridine rings is 5. The zero-order chi connectivity index (χ0) is 99.6. The number of ether oxygens (including phenoxy) is 1. The molecule has 35 nitrogen and oxygen atoms in total. The van der Waals surface area contributed by atoms with E-state index in [1.807, 2.05) is 45.1 Å². The largest absolute Gasteiger partial charge is 0.492 e. The number of rotatable bonds is 17. The van der Waals surface area contributed by atoms with Crippen molar-refractivity contribution >= 4 is 153 Å². The number of aromatic carboxylic acids is 5. The third kappa shape index (κ3) is 21.5. The van der Waals surface area contributed by atoms with Crippen molar-refractivity contribution in [1.82, 2.24) is 43.7 Å². The summed E-state index contributed by atoms with van der Waals surface area (Å²) < 4.78 is 157. The SMILES string of the molecule is CCn1cc(C(=O)O)c(=O)c2cc(F)c(N3CCNC(C)C3)c(F)c21.CN1CCN(c2c(F)cc3c(=O)c(C(=O)O)cn(CCF)c3c2F)CC1.COc1c(N2CCNC(C)C2)c(F)cc2c(=O)c(C(=O)O)cn(C3CC3)c12.CS(=O)(=O)O.Cc1c(F)c(N2CCNC(C)C2)cc2c1c(=O)c(C(=O)O)cn2C1CC1.Cc1c(N2C[C@@H](N)C3(CC3)C2)c(F)c(N)c2c(=O)c(C(=O)O)cn(C3CC3)c12.Cl.Cl. The lowest BCUT2D eigenvalue weighted by molar-refractivity contribution is 0.0684. The van der Waals surface area contributed by atoms with Gasteiger partial charge in [-0.15, -0.1) is 24.8 Å². The van der Waals surface area contributed by atoms with E-state index in [-0.39, 0.29) is 158 Å². The van der Waals surface area contributed by atoms with Gasteiger partial charge in [0.1, 0.15) is 69.0 Å². The standard InChI is InChI=1S/C20H23FN4O3.C19H22FN3O4.C19H22FN3O3.C17H18F3N3O3.C17H19F2N3O3.CH4O3S.2ClH/c1-9-16-13(18(26)11(19(27)28)6-25(16)10-2-3-10)15(23)14(21)17(9)24-7-12(22)20(8-24)4-5-20;1-10-8-22(6-5-21-10)16-14(20)7-12-15(18(16)27-2)23(11-3-4-11)9-13(17(12)24)19(25)26;1-10-8-22(6-5-21-10)15-7-14-16(11(2)17(15)20)18(24)13(19(25)26)9-23(14)12-3-4-12;1-21-4-6-22(7-5-21)15-12(19)8-10-14(13(15)20)23(3-2-18)9-11(16(10)24)17(25)26;1-3-21-8-11(17(24)25)16(23)10-6-12(18)15(13(19)14(10)21)22-5-4-20-9(2)7-22;1-5(2,3)4;;/h6,10,12H,2-5,7-8,22-23H2,1H3,(H,27,28);7,9-11,21H,3-6,8H2,1-2H3,(H,25,26);7,9-10,12,21H,3-6,8H2,1-2H3,(H,25,26);8-9H,2-7H2,1H3,(H,25,26);6,8-9,20H,3-5,7H2,1-2H3,(H,24,25);1H3,(H,2,3,4);2*1H/t12-;;;;;;;/m1......./s1. The molecule has 5 aliphatic heterocycles. The molecular formula is C93H110Cl2F8N16O19S. The van der Waals surface area contributed by atoms with Crippen LogP contribution in [0, 0.1) is 60.0 Å². The fourth-order valence-corrected chi connectivity index (χ4v) is 19.0. The van der Waals surface area contributed by atoms with Crippen LogP contribution in [0.3, 0.4) is 0 Å². The zero-order valence-corrected chi connectivity index (χ0v) is 79.9. The Kier molecular flexibility index (Phi) is 32.0. The second-order valence-electron chi connectivity index (χ2n) is 36.4. The van der Waals surface area contributed by atoms with E-state index in [4.69, 9.17) is 31.0 Å². The number of hydrogen-bond donors (Lipinski definition) is 11. The molecule has 5 aromatic carbocycles. The Balaban J connectivity index is 0.000000153. The van der Waals surface area contributed by atoms with E-state index >= 15 is 22.0 Å². The van der Waals surface area contributed by atoms with E-state index in [0.29, 0.717) is 136 Å². The molecule has 46 heteroatoms. The van der Waals surface area contributed by atoms with Gasteiger partial charge in [0.05, 0.1) is 91.5 Å². The number of anilines is 6. The lowest BCUT2D eigenvalue weighted by Gasteiger charge is -2.35. The summed E-state index contributed by atoms with van der Waals surface area (Å²) in [5.74, 6) is -11.9. The molecule has 4 saturated carbocycles.